The molecular formula is C15H10Cl2N2O. The highest BCUT2D eigenvalue weighted by Crippen LogP contribution is 2.35. The number of fused-ring (bicyclic) bond motifs is 1. The van der Waals surface area contributed by atoms with E-state index < -0.39 is 0 Å². The van der Waals surface area contributed by atoms with Gasteiger partial charge >= 0.3 is 0 Å². The Morgan fingerprint density at radius 1 is 1.30 bits per heavy atom. The highest BCUT2D eigenvalue weighted by molar-refractivity contribution is 6.31. The Kier molecular flexibility index (Phi) is 3.62. The maximum atomic E-state index is 9.38. The number of hydrogen-bond acceptors (Lipinski definition) is 3. The van der Waals surface area contributed by atoms with Gasteiger partial charge in [-0.15, -0.1) is 0 Å². The third-order valence-electron chi connectivity index (χ3n) is 3.29. The number of halogens is 2. The van der Waals surface area contributed by atoms with Crippen LogP contribution in [-0.2, 0) is 17.8 Å². The quantitative estimate of drug-likeness (QED) is 0.748. The second-order valence-corrected chi connectivity index (χ2v) is 5.30. The Labute approximate surface area is 126 Å². The molecular weight excluding hydrogens is 295 g/mol. The zero-order valence-corrected chi connectivity index (χ0v) is 12.0. The maximum Gasteiger partial charge on any atom is 0.147 e. The Balaban J connectivity index is 2.32. The molecule has 0 fully saturated rings. The number of aromatic nitrogens is 1. The van der Waals surface area contributed by atoms with Crippen molar-refractivity contribution in [3.63, 3.8) is 0 Å². The van der Waals surface area contributed by atoms with Crippen molar-refractivity contribution in [1.29, 1.82) is 5.26 Å². The van der Waals surface area contributed by atoms with E-state index in [4.69, 9.17) is 27.9 Å². The smallest absolute Gasteiger partial charge is 0.147 e. The van der Waals surface area contributed by atoms with E-state index in [1.807, 2.05) is 18.2 Å². The van der Waals surface area contributed by atoms with Crippen LogP contribution in [0.15, 0.2) is 24.3 Å². The summed E-state index contributed by atoms with van der Waals surface area (Å²) in [4.78, 5) is 4.32. The fraction of sp³-hybridized carbons (Fsp3) is 0.200. The summed E-state index contributed by atoms with van der Waals surface area (Å²) in [5.41, 5.74) is 3.85. The molecule has 0 saturated heterocycles. The van der Waals surface area contributed by atoms with E-state index in [1.54, 1.807) is 6.07 Å². The number of pyridine rings is 1. The molecule has 0 aliphatic carbocycles. The molecule has 1 aromatic carbocycles. The van der Waals surface area contributed by atoms with Crippen LogP contribution in [0.1, 0.15) is 16.8 Å². The van der Waals surface area contributed by atoms with Gasteiger partial charge in [0, 0.05) is 22.6 Å². The molecule has 2 heterocycles. The van der Waals surface area contributed by atoms with Crippen LogP contribution in [0.25, 0.3) is 11.1 Å². The minimum atomic E-state index is 0.239. The number of benzene rings is 1. The first-order chi connectivity index (χ1) is 9.70. The molecule has 0 bridgehead atoms. The predicted molar refractivity (Wildman–Crippen MR) is 77.8 cm³/mol. The lowest BCUT2D eigenvalue weighted by molar-refractivity contribution is 0.109. The van der Waals surface area contributed by atoms with Crippen LogP contribution in [0.2, 0.25) is 10.2 Å². The van der Waals surface area contributed by atoms with Crippen molar-refractivity contribution in [1.82, 2.24) is 4.98 Å². The average molecular weight is 305 g/mol. The minimum Gasteiger partial charge on any atom is -0.376 e. The number of nitriles is 1. The van der Waals surface area contributed by atoms with E-state index in [2.05, 4.69) is 11.1 Å². The molecule has 0 saturated carbocycles. The topological polar surface area (TPSA) is 45.9 Å². The second-order valence-electron chi connectivity index (χ2n) is 4.50. The molecule has 5 heteroatoms. The zero-order chi connectivity index (χ0) is 14.1. The van der Waals surface area contributed by atoms with Gasteiger partial charge in [0.1, 0.15) is 11.2 Å². The van der Waals surface area contributed by atoms with Crippen molar-refractivity contribution >= 4 is 23.2 Å². The van der Waals surface area contributed by atoms with Crippen molar-refractivity contribution in [2.45, 2.75) is 13.0 Å². The molecule has 0 atom stereocenters. The summed E-state index contributed by atoms with van der Waals surface area (Å²) in [6, 6.07) is 9.52. The molecule has 3 nitrogen and oxygen atoms in total. The third kappa shape index (κ3) is 2.27. The molecule has 1 aliphatic heterocycles. The van der Waals surface area contributed by atoms with Gasteiger partial charge in [0.05, 0.1) is 24.5 Å². The molecule has 0 radical (unpaired) electrons. The van der Waals surface area contributed by atoms with Crippen LogP contribution in [-0.4, -0.2) is 11.6 Å². The summed E-state index contributed by atoms with van der Waals surface area (Å²) in [7, 11) is 0. The maximum absolute atomic E-state index is 9.38. The number of rotatable bonds is 1. The van der Waals surface area contributed by atoms with Crippen LogP contribution in [0, 0.1) is 11.3 Å². The predicted octanol–water partition coefficient (Wildman–Crippen LogP) is 4.00. The molecule has 0 spiro atoms. The fourth-order valence-electron chi connectivity index (χ4n) is 2.41. The Morgan fingerprint density at radius 3 is 2.90 bits per heavy atom. The van der Waals surface area contributed by atoms with Crippen molar-refractivity contribution < 1.29 is 4.74 Å². The molecule has 1 aliphatic rings. The minimum absolute atomic E-state index is 0.239. The van der Waals surface area contributed by atoms with E-state index in [0.717, 1.165) is 22.4 Å². The van der Waals surface area contributed by atoms with Gasteiger partial charge in [-0.25, -0.2) is 4.98 Å². The lowest BCUT2D eigenvalue weighted by Crippen LogP contribution is -2.14. The second kappa shape index (κ2) is 5.41. The Hall–Kier alpha value is -1.60. The molecule has 2 aromatic rings. The molecule has 3 rings (SSSR count). The van der Waals surface area contributed by atoms with E-state index in [9.17, 15) is 5.26 Å². The molecule has 0 N–H and O–H groups in total. The van der Waals surface area contributed by atoms with Crippen molar-refractivity contribution in [2.75, 3.05) is 6.61 Å². The summed E-state index contributed by atoms with van der Waals surface area (Å²) < 4.78 is 5.50. The fourth-order valence-corrected chi connectivity index (χ4v) is 2.84. The van der Waals surface area contributed by atoms with E-state index in [-0.39, 0.29) is 5.15 Å². The van der Waals surface area contributed by atoms with Crippen LogP contribution in [0.5, 0.6) is 0 Å². The van der Waals surface area contributed by atoms with Gasteiger partial charge in [0.25, 0.3) is 0 Å². The first-order valence-corrected chi connectivity index (χ1v) is 6.91. The highest BCUT2D eigenvalue weighted by Gasteiger charge is 2.22. The third-order valence-corrected chi connectivity index (χ3v) is 3.80. The van der Waals surface area contributed by atoms with Gasteiger partial charge in [-0.3, -0.25) is 0 Å². The molecule has 0 amide bonds. The lowest BCUT2D eigenvalue weighted by atomic mass is 9.93. The van der Waals surface area contributed by atoms with Crippen LogP contribution < -0.4 is 0 Å². The molecule has 100 valence electrons. The summed E-state index contributed by atoms with van der Waals surface area (Å²) >= 11 is 12.2. The summed E-state index contributed by atoms with van der Waals surface area (Å²) in [5, 5.41) is 10.2. The van der Waals surface area contributed by atoms with E-state index >= 15 is 0 Å². The highest BCUT2D eigenvalue weighted by atomic mass is 35.5. The standard InChI is InChI=1S/C15H10Cl2N2O/c16-10-3-1-2-9(6-10)14-11(7-18)15(17)19-13-4-5-20-8-12(13)14/h1-3,6H,4-5,8H2. The molecule has 0 unspecified atom stereocenters. The normalized spacial score (nSPS) is 13.7. The van der Waals surface area contributed by atoms with E-state index in [0.29, 0.717) is 30.2 Å². The Bertz CT molecular complexity index is 723. The Morgan fingerprint density at radius 2 is 2.15 bits per heavy atom. The SMILES string of the molecule is N#Cc1c(Cl)nc2c(c1-c1cccc(Cl)c1)COCC2. The van der Waals surface area contributed by atoms with Gasteiger partial charge in [-0.1, -0.05) is 35.3 Å². The van der Waals surface area contributed by atoms with Gasteiger partial charge in [-0.05, 0) is 17.7 Å². The number of hydrogen-bond donors (Lipinski definition) is 0. The summed E-state index contributed by atoms with van der Waals surface area (Å²) in [6.45, 7) is 1.06. The van der Waals surface area contributed by atoms with Gasteiger partial charge in [0.2, 0.25) is 0 Å². The van der Waals surface area contributed by atoms with Gasteiger partial charge in [-0.2, -0.15) is 5.26 Å². The van der Waals surface area contributed by atoms with E-state index in [1.165, 1.54) is 0 Å². The number of ether oxygens (including phenoxy) is 1. The monoisotopic (exact) mass is 304 g/mol. The zero-order valence-electron chi connectivity index (χ0n) is 10.5. The molecule has 1 aromatic heterocycles. The van der Waals surface area contributed by atoms with Crippen molar-refractivity contribution in [3.05, 3.63) is 51.3 Å². The summed E-state index contributed by atoms with van der Waals surface area (Å²) in [5.74, 6) is 0. The van der Waals surface area contributed by atoms with Crippen molar-refractivity contribution in [3.8, 4) is 17.2 Å². The van der Waals surface area contributed by atoms with Crippen molar-refractivity contribution in [2.24, 2.45) is 0 Å². The van der Waals surface area contributed by atoms with Crippen LogP contribution in [0.3, 0.4) is 0 Å². The van der Waals surface area contributed by atoms with Crippen LogP contribution >= 0.6 is 23.2 Å². The average Bonchev–Trinajstić information content (AvgIpc) is 2.45. The van der Waals surface area contributed by atoms with Gasteiger partial charge < -0.3 is 4.74 Å². The van der Waals surface area contributed by atoms with Gasteiger partial charge in [0.15, 0.2) is 0 Å². The lowest BCUT2D eigenvalue weighted by Gasteiger charge is -2.21. The first-order valence-electron chi connectivity index (χ1n) is 6.15. The first kappa shape index (κ1) is 13.4. The molecule has 20 heavy (non-hydrogen) atoms. The number of nitrogens with zero attached hydrogens (tertiary/aromatic N) is 2. The summed E-state index contributed by atoms with van der Waals surface area (Å²) in [6.07, 6.45) is 0.703. The van der Waals surface area contributed by atoms with Crippen LogP contribution in [0.4, 0.5) is 0 Å². The largest absolute Gasteiger partial charge is 0.376 e.